The van der Waals surface area contributed by atoms with Crippen molar-refractivity contribution in [2.24, 2.45) is 0 Å². The van der Waals surface area contributed by atoms with Gasteiger partial charge >= 0.3 is 0 Å². The van der Waals surface area contributed by atoms with Gasteiger partial charge in [-0.3, -0.25) is 15.1 Å². The van der Waals surface area contributed by atoms with Crippen molar-refractivity contribution in [1.29, 1.82) is 0 Å². The summed E-state index contributed by atoms with van der Waals surface area (Å²) in [5.41, 5.74) is 3.00. The molecule has 0 fully saturated rings. The summed E-state index contributed by atoms with van der Waals surface area (Å²) in [6.07, 6.45) is 6.92. The quantitative estimate of drug-likeness (QED) is 0.715. The molecule has 84 valence electrons. The number of benzene rings is 1. The highest BCUT2D eigenvalue weighted by Gasteiger charge is 1.98. The number of aromatic nitrogens is 4. The second-order valence-electron chi connectivity index (χ2n) is 3.72. The molecule has 3 aromatic rings. The molecule has 2 heterocycles. The first-order valence-corrected chi connectivity index (χ1v) is 5.34. The summed E-state index contributed by atoms with van der Waals surface area (Å²) in [6, 6.07) is 6.06. The third kappa shape index (κ3) is 2.08. The van der Waals surface area contributed by atoms with Gasteiger partial charge in [-0.1, -0.05) is 0 Å². The van der Waals surface area contributed by atoms with Gasteiger partial charge < -0.3 is 5.32 Å². The minimum absolute atomic E-state index is 0.664. The van der Waals surface area contributed by atoms with Gasteiger partial charge in [-0.2, -0.15) is 5.10 Å². The topological polar surface area (TPSA) is 66.5 Å². The fraction of sp³-hybridized carbons (Fsp3) is 0.0833. The third-order valence-corrected chi connectivity index (χ3v) is 2.53. The molecule has 0 aliphatic heterocycles. The van der Waals surface area contributed by atoms with Gasteiger partial charge in [0.2, 0.25) is 0 Å². The first kappa shape index (κ1) is 9.77. The molecule has 2 aromatic heterocycles. The monoisotopic (exact) mass is 225 g/mol. The zero-order valence-corrected chi connectivity index (χ0v) is 9.09. The number of hydrogen-bond acceptors (Lipinski definition) is 4. The van der Waals surface area contributed by atoms with Gasteiger partial charge in [-0.15, -0.1) is 0 Å². The van der Waals surface area contributed by atoms with Crippen molar-refractivity contribution in [2.75, 3.05) is 5.32 Å². The normalized spacial score (nSPS) is 10.6. The summed E-state index contributed by atoms with van der Waals surface area (Å²) >= 11 is 0. The number of aromatic amines is 1. The van der Waals surface area contributed by atoms with E-state index in [0.717, 1.165) is 22.3 Å². The van der Waals surface area contributed by atoms with E-state index in [-0.39, 0.29) is 0 Å². The lowest BCUT2D eigenvalue weighted by Crippen LogP contribution is -2.01. The Morgan fingerprint density at radius 3 is 3.06 bits per heavy atom. The zero-order chi connectivity index (χ0) is 11.5. The van der Waals surface area contributed by atoms with Crippen molar-refractivity contribution >= 4 is 16.6 Å². The van der Waals surface area contributed by atoms with Crippen LogP contribution < -0.4 is 5.32 Å². The second-order valence-corrected chi connectivity index (χ2v) is 3.72. The molecule has 3 rings (SSSR count). The minimum atomic E-state index is 0.664. The van der Waals surface area contributed by atoms with Crippen LogP contribution in [0.25, 0.3) is 10.9 Å². The van der Waals surface area contributed by atoms with Crippen molar-refractivity contribution in [3.8, 4) is 0 Å². The van der Waals surface area contributed by atoms with E-state index in [0.29, 0.717) is 6.54 Å². The van der Waals surface area contributed by atoms with Gasteiger partial charge in [-0.25, -0.2) is 0 Å². The van der Waals surface area contributed by atoms with E-state index in [4.69, 9.17) is 0 Å². The number of nitrogens with one attached hydrogen (secondary N) is 2. The fourth-order valence-corrected chi connectivity index (χ4v) is 1.67. The number of fused-ring (bicyclic) bond motifs is 1. The van der Waals surface area contributed by atoms with Crippen LogP contribution in [0.1, 0.15) is 5.69 Å². The molecule has 0 atom stereocenters. The average molecular weight is 225 g/mol. The molecule has 2 N–H and O–H groups in total. The predicted octanol–water partition coefficient (Wildman–Crippen LogP) is 1.96. The molecule has 0 saturated heterocycles. The standard InChI is InChI=1S/C12H11N5/c1-2-12-9(6-16-17-12)5-10(1)15-8-11-7-13-3-4-14-11/h1-7,15H,8H2,(H,16,17). The van der Waals surface area contributed by atoms with E-state index in [1.54, 1.807) is 18.6 Å². The highest BCUT2D eigenvalue weighted by atomic mass is 15.1. The summed E-state index contributed by atoms with van der Waals surface area (Å²) in [5, 5.41) is 11.3. The molecule has 0 aliphatic rings. The van der Waals surface area contributed by atoms with E-state index in [1.807, 2.05) is 18.3 Å². The van der Waals surface area contributed by atoms with Crippen LogP contribution in [0.2, 0.25) is 0 Å². The third-order valence-electron chi connectivity index (χ3n) is 2.53. The number of rotatable bonds is 3. The Kier molecular flexibility index (Phi) is 2.42. The smallest absolute Gasteiger partial charge is 0.0777 e. The number of anilines is 1. The molecule has 0 saturated carbocycles. The van der Waals surface area contributed by atoms with Crippen molar-refractivity contribution < 1.29 is 0 Å². The number of hydrogen-bond donors (Lipinski definition) is 2. The van der Waals surface area contributed by atoms with Gasteiger partial charge in [0, 0.05) is 23.5 Å². The van der Waals surface area contributed by atoms with Gasteiger partial charge in [0.1, 0.15) is 0 Å². The summed E-state index contributed by atoms with van der Waals surface area (Å²) in [7, 11) is 0. The fourth-order valence-electron chi connectivity index (χ4n) is 1.67. The lowest BCUT2D eigenvalue weighted by molar-refractivity contribution is 1.01. The first-order chi connectivity index (χ1) is 8.42. The highest BCUT2D eigenvalue weighted by molar-refractivity contribution is 5.81. The maximum Gasteiger partial charge on any atom is 0.0777 e. The molecular weight excluding hydrogens is 214 g/mol. The Labute approximate surface area is 97.9 Å². The molecule has 0 aliphatic carbocycles. The van der Waals surface area contributed by atoms with Gasteiger partial charge in [0.15, 0.2) is 0 Å². The van der Waals surface area contributed by atoms with Crippen LogP contribution in [-0.2, 0) is 6.54 Å². The molecule has 0 radical (unpaired) electrons. The van der Waals surface area contributed by atoms with Crippen molar-refractivity contribution in [2.45, 2.75) is 6.54 Å². The number of nitrogens with zero attached hydrogens (tertiary/aromatic N) is 3. The summed E-state index contributed by atoms with van der Waals surface area (Å²) in [6.45, 7) is 0.664. The SMILES string of the molecule is c1cnc(CNc2ccc3[nH]ncc3c2)cn1. The maximum absolute atomic E-state index is 4.20. The predicted molar refractivity (Wildman–Crippen MR) is 65.5 cm³/mol. The van der Waals surface area contributed by atoms with Crippen LogP contribution in [0.15, 0.2) is 43.0 Å². The van der Waals surface area contributed by atoms with Crippen LogP contribution in [0.4, 0.5) is 5.69 Å². The molecule has 1 aromatic carbocycles. The summed E-state index contributed by atoms with van der Waals surface area (Å²) < 4.78 is 0. The van der Waals surface area contributed by atoms with E-state index >= 15 is 0 Å². The first-order valence-electron chi connectivity index (χ1n) is 5.34. The van der Waals surface area contributed by atoms with Crippen LogP contribution in [0.5, 0.6) is 0 Å². The molecule has 0 spiro atoms. The molecule has 5 heteroatoms. The van der Waals surface area contributed by atoms with E-state index in [1.165, 1.54) is 0 Å². The lowest BCUT2D eigenvalue weighted by Gasteiger charge is -2.05. The Balaban J connectivity index is 1.76. The summed E-state index contributed by atoms with van der Waals surface area (Å²) in [5.74, 6) is 0. The Morgan fingerprint density at radius 1 is 1.18 bits per heavy atom. The maximum atomic E-state index is 4.20. The van der Waals surface area contributed by atoms with Gasteiger partial charge in [0.05, 0.1) is 30.1 Å². The average Bonchev–Trinajstić information content (AvgIpc) is 2.85. The van der Waals surface area contributed by atoms with Crippen molar-refractivity contribution in [3.05, 3.63) is 48.7 Å². The summed E-state index contributed by atoms with van der Waals surface area (Å²) in [4.78, 5) is 8.22. The van der Waals surface area contributed by atoms with E-state index in [2.05, 4.69) is 31.5 Å². The van der Waals surface area contributed by atoms with Crippen LogP contribution in [0, 0.1) is 0 Å². The molecule has 0 unspecified atom stereocenters. The van der Waals surface area contributed by atoms with Gasteiger partial charge in [-0.05, 0) is 18.2 Å². The van der Waals surface area contributed by atoms with Crippen LogP contribution in [-0.4, -0.2) is 20.2 Å². The molecule has 0 amide bonds. The molecule has 17 heavy (non-hydrogen) atoms. The Morgan fingerprint density at radius 2 is 2.18 bits per heavy atom. The second kappa shape index (κ2) is 4.21. The highest BCUT2D eigenvalue weighted by Crippen LogP contribution is 2.16. The van der Waals surface area contributed by atoms with E-state index in [9.17, 15) is 0 Å². The van der Waals surface area contributed by atoms with E-state index < -0.39 is 0 Å². The molecule has 5 nitrogen and oxygen atoms in total. The van der Waals surface area contributed by atoms with Crippen LogP contribution >= 0.6 is 0 Å². The lowest BCUT2D eigenvalue weighted by atomic mass is 10.2. The zero-order valence-electron chi connectivity index (χ0n) is 9.09. The minimum Gasteiger partial charge on any atom is -0.379 e. The number of H-pyrrole nitrogens is 1. The molecule has 0 bridgehead atoms. The van der Waals surface area contributed by atoms with Crippen molar-refractivity contribution in [1.82, 2.24) is 20.2 Å². The van der Waals surface area contributed by atoms with Crippen molar-refractivity contribution in [3.63, 3.8) is 0 Å². The van der Waals surface area contributed by atoms with Gasteiger partial charge in [0.25, 0.3) is 0 Å². The Hall–Kier alpha value is -2.43. The molecular formula is C12H11N5. The van der Waals surface area contributed by atoms with Crippen LogP contribution in [0.3, 0.4) is 0 Å². The largest absolute Gasteiger partial charge is 0.379 e. The Bertz CT molecular complexity index is 617.